The number of nitriles is 1. The minimum absolute atomic E-state index is 0.322. The molecule has 176 valence electrons. The summed E-state index contributed by atoms with van der Waals surface area (Å²) in [5, 5.41) is 12.7. The molecule has 34 heavy (non-hydrogen) atoms. The zero-order valence-corrected chi connectivity index (χ0v) is 19.7. The molecule has 6 nitrogen and oxygen atoms in total. The first-order valence-electron chi connectivity index (χ1n) is 11.5. The van der Waals surface area contributed by atoms with Crippen LogP contribution >= 0.6 is 0 Å². The molecule has 0 spiro atoms. The number of fused-ring (bicyclic) bond motifs is 1. The lowest BCUT2D eigenvalue weighted by Gasteiger charge is -2.37. The Balaban J connectivity index is 1.93. The molecular formula is C28H30N2O4. The second-order valence-electron chi connectivity index (χ2n) is 8.52. The van der Waals surface area contributed by atoms with Gasteiger partial charge >= 0.3 is 5.97 Å². The van der Waals surface area contributed by atoms with Crippen molar-refractivity contribution >= 4 is 16.7 Å². The van der Waals surface area contributed by atoms with Crippen LogP contribution in [0.5, 0.6) is 5.75 Å². The number of ether oxygens (including phenoxy) is 3. The standard InChI is InChI=1S/C28H30N2O4/c1-32-25-13-6-5-11-24(25)26(23-12-7-9-21-8-3-4-10-22(21)23)28(20-29,27(31)33-2)14-15-30-16-18-34-19-17-30/h3-13,26H,14-19H2,1-2H3/t26-,28+/m0/s1. The highest BCUT2D eigenvalue weighted by molar-refractivity contribution is 5.90. The number of carbonyl (C=O) groups is 1. The van der Waals surface area contributed by atoms with Gasteiger partial charge in [-0.3, -0.25) is 9.69 Å². The third kappa shape index (κ3) is 4.50. The Morgan fingerprint density at radius 1 is 1.03 bits per heavy atom. The molecule has 1 saturated heterocycles. The first kappa shape index (κ1) is 23.7. The average Bonchev–Trinajstić information content (AvgIpc) is 2.91. The first-order chi connectivity index (χ1) is 16.6. The van der Waals surface area contributed by atoms with E-state index in [0.717, 1.165) is 35.0 Å². The predicted molar refractivity (Wildman–Crippen MR) is 131 cm³/mol. The normalized spacial score (nSPS) is 16.9. The maximum Gasteiger partial charge on any atom is 0.327 e. The molecule has 1 heterocycles. The predicted octanol–water partition coefficient (Wildman–Crippen LogP) is 4.39. The molecule has 3 aromatic carbocycles. The number of carbonyl (C=O) groups excluding carboxylic acids is 1. The van der Waals surface area contributed by atoms with Crippen molar-refractivity contribution in [3.63, 3.8) is 0 Å². The molecule has 0 bridgehead atoms. The van der Waals surface area contributed by atoms with E-state index in [9.17, 15) is 10.1 Å². The minimum atomic E-state index is -1.45. The third-order valence-corrected chi connectivity index (χ3v) is 6.75. The van der Waals surface area contributed by atoms with Gasteiger partial charge in [-0.2, -0.15) is 5.26 Å². The van der Waals surface area contributed by atoms with Gasteiger partial charge in [0.1, 0.15) is 5.75 Å². The van der Waals surface area contributed by atoms with Crippen molar-refractivity contribution in [1.29, 1.82) is 5.26 Å². The number of para-hydroxylation sites is 1. The van der Waals surface area contributed by atoms with Crippen LogP contribution in [-0.2, 0) is 14.3 Å². The van der Waals surface area contributed by atoms with Crippen LogP contribution in [-0.4, -0.2) is 57.9 Å². The van der Waals surface area contributed by atoms with E-state index in [-0.39, 0.29) is 0 Å². The smallest absolute Gasteiger partial charge is 0.327 e. The van der Waals surface area contributed by atoms with E-state index in [1.807, 2.05) is 66.7 Å². The second kappa shape index (κ2) is 10.7. The summed E-state index contributed by atoms with van der Waals surface area (Å²) >= 11 is 0. The number of hydrogen-bond donors (Lipinski definition) is 0. The molecule has 2 atom stereocenters. The summed E-state index contributed by atoms with van der Waals surface area (Å²) < 4.78 is 16.5. The number of nitrogens with zero attached hydrogens (tertiary/aromatic N) is 2. The molecule has 0 amide bonds. The molecule has 0 aliphatic carbocycles. The number of benzene rings is 3. The number of hydrogen-bond acceptors (Lipinski definition) is 6. The lowest BCUT2D eigenvalue weighted by Crippen LogP contribution is -2.43. The van der Waals surface area contributed by atoms with Crippen LogP contribution in [0.4, 0.5) is 0 Å². The molecule has 1 aliphatic rings. The molecule has 0 saturated carbocycles. The maximum absolute atomic E-state index is 13.5. The van der Waals surface area contributed by atoms with Crippen molar-refractivity contribution < 1.29 is 19.0 Å². The molecule has 0 unspecified atom stereocenters. The summed E-state index contributed by atoms with van der Waals surface area (Å²) in [4.78, 5) is 15.8. The van der Waals surface area contributed by atoms with Crippen LogP contribution in [0, 0.1) is 16.7 Å². The van der Waals surface area contributed by atoms with Crippen LogP contribution in [0.2, 0.25) is 0 Å². The Morgan fingerprint density at radius 2 is 1.71 bits per heavy atom. The van der Waals surface area contributed by atoms with Gasteiger partial charge in [-0.25, -0.2) is 0 Å². The fourth-order valence-electron chi connectivity index (χ4n) is 4.98. The van der Waals surface area contributed by atoms with Gasteiger partial charge in [0.25, 0.3) is 0 Å². The van der Waals surface area contributed by atoms with Crippen molar-refractivity contribution in [2.45, 2.75) is 12.3 Å². The zero-order chi connectivity index (χ0) is 24.0. The molecule has 4 rings (SSSR count). The van der Waals surface area contributed by atoms with E-state index in [1.54, 1.807) is 7.11 Å². The van der Waals surface area contributed by atoms with Gasteiger partial charge in [0.05, 0.1) is 33.5 Å². The topological polar surface area (TPSA) is 71.8 Å². The van der Waals surface area contributed by atoms with Crippen molar-refractivity contribution in [3.8, 4) is 11.8 Å². The van der Waals surface area contributed by atoms with Crippen LogP contribution in [0.15, 0.2) is 66.7 Å². The van der Waals surface area contributed by atoms with Gasteiger partial charge in [-0.1, -0.05) is 60.7 Å². The van der Waals surface area contributed by atoms with E-state index in [4.69, 9.17) is 14.2 Å². The lowest BCUT2D eigenvalue weighted by atomic mass is 9.66. The van der Waals surface area contributed by atoms with Crippen LogP contribution in [0.25, 0.3) is 10.8 Å². The summed E-state index contributed by atoms with van der Waals surface area (Å²) in [6.45, 7) is 3.43. The maximum atomic E-state index is 13.5. The van der Waals surface area contributed by atoms with Crippen LogP contribution in [0.1, 0.15) is 23.5 Å². The lowest BCUT2D eigenvalue weighted by molar-refractivity contribution is -0.150. The van der Waals surface area contributed by atoms with Gasteiger partial charge in [0.2, 0.25) is 0 Å². The number of morpholine rings is 1. The molecular weight excluding hydrogens is 428 g/mol. The number of methoxy groups -OCH3 is 2. The molecule has 1 fully saturated rings. The highest BCUT2D eigenvalue weighted by atomic mass is 16.5. The fourth-order valence-corrected chi connectivity index (χ4v) is 4.98. The van der Waals surface area contributed by atoms with Crippen molar-refractivity contribution in [3.05, 3.63) is 77.9 Å². The Labute approximate surface area is 200 Å². The zero-order valence-electron chi connectivity index (χ0n) is 19.7. The van der Waals surface area contributed by atoms with Gasteiger partial charge in [0, 0.05) is 31.1 Å². The summed E-state index contributed by atoms with van der Waals surface area (Å²) in [5.74, 6) is -0.490. The summed E-state index contributed by atoms with van der Waals surface area (Å²) in [7, 11) is 2.96. The molecule has 1 aliphatic heterocycles. The van der Waals surface area contributed by atoms with E-state index in [1.165, 1.54) is 7.11 Å². The summed E-state index contributed by atoms with van der Waals surface area (Å²) in [6.07, 6.45) is 0.322. The van der Waals surface area contributed by atoms with E-state index < -0.39 is 17.3 Å². The average molecular weight is 459 g/mol. The molecule has 0 N–H and O–H groups in total. The Kier molecular flexibility index (Phi) is 7.46. The Bertz CT molecular complexity index is 1180. The quantitative estimate of drug-likeness (QED) is 0.467. The van der Waals surface area contributed by atoms with E-state index >= 15 is 0 Å². The van der Waals surface area contributed by atoms with Crippen molar-refractivity contribution in [2.75, 3.05) is 47.1 Å². The SMILES string of the molecule is COC(=O)[C@@](C#N)(CCN1CCOCC1)[C@H](c1ccccc1OC)c1cccc2ccccc12. The summed E-state index contributed by atoms with van der Waals surface area (Å²) in [5.41, 5.74) is 0.234. The molecule has 3 aromatic rings. The number of rotatable bonds is 8. The first-order valence-corrected chi connectivity index (χ1v) is 11.5. The van der Waals surface area contributed by atoms with Gasteiger partial charge in [0.15, 0.2) is 5.41 Å². The van der Waals surface area contributed by atoms with Gasteiger partial charge < -0.3 is 14.2 Å². The van der Waals surface area contributed by atoms with Gasteiger partial charge in [-0.15, -0.1) is 0 Å². The Morgan fingerprint density at radius 3 is 2.44 bits per heavy atom. The molecule has 0 aromatic heterocycles. The van der Waals surface area contributed by atoms with Crippen molar-refractivity contribution in [2.24, 2.45) is 5.41 Å². The largest absolute Gasteiger partial charge is 0.496 e. The summed E-state index contributed by atoms with van der Waals surface area (Å²) in [6, 6.07) is 24.1. The minimum Gasteiger partial charge on any atom is -0.496 e. The fraction of sp³-hybridized carbons (Fsp3) is 0.357. The van der Waals surface area contributed by atoms with E-state index in [2.05, 4.69) is 11.0 Å². The monoisotopic (exact) mass is 458 g/mol. The molecule has 6 heteroatoms. The van der Waals surface area contributed by atoms with E-state index in [0.29, 0.717) is 31.9 Å². The van der Waals surface area contributed by atoms with Crippen LogP contribution in [0.3, 0.4) is 0 Å². The number of esters is 1. The highest BCUT2D eigenvalue weighted by Gasteiger charge is 2.50. The van der Waals surface area contributed by atoms with Crippen LogP contribution < -0.4 is 4.74 Å². The second-order valence-corrected chi connectivity index (χ2v) is 8.52. The third-order valence-electron chi connectivity index (χ3n) is 6.75. The van der Waals surface area contributed by atoms with Gasteiger partial charge in [-0.05, 0) is 28.8 Å². The molecule has 0 radical (unpaired) electrons. The highest BCUT2D eigenvalue weighted by Crippen LogP contribution is 2.49. The Hall–Kier alpha value is -3.40. The van der Waals surface area contributed by atoms with Crippen molar-refractivity contribution in [1.82, 2.24) is 4.90 Å².